The molecule has 6 saturated heterocycles. The minimum atomic E-state index is -3.98. The zero-order valence-electron chi connectivity index (χ0n) is 68.8. The molecule has 0 bridgehead atoms. The Morgan fingerprint density at radius 2 is 0.784 bits per heavy atom. The Balaban J connectivity index is 0.000000232. The van der Waals surface area contributed by atoms with E-state index in [-0.39, 0.29) is 64.1 Å². The fourth-order valence-electron chi connectivity index (χ4n) is 16.1. The van der Waals surface area contributed by atoms with Crippen LogP contribution in [-0.2, 0) is 64.1 Å². The number of hydrogen-bond donors (Lipinski definition) is 0. The number of carbonyl (C=O) groups excluding carboxylic acids is 3. The lowest BCUT2D eigenvalue weighted by molar-refractivity contribution is -0.924. The molecule has 0 aliphatic carbocycles. The Labute approximate surface area is 667 Å². The molecule has 6 heterocycles. The maximum absolute atomic E-state index is 13.5. The number of likely N-dealkylation sites (tertiary alicyclic amines) is 6. The minimum absolute atomic E-state index is 0.00794. The summed E-state index contributed by atoms with van der Waals surface area (Å²) >= 11 is 1.50. The highest BCUT2D eigenvalue weighted by atomic mass is 32.2. The molecule has 30 nitrogen and oxygen atoms in total. The maximum Gasteiger partial charge on any atom is 0.243 e. The fraction of sp³-hybridized carbons (Fsp3) is 0.720. The highest BCUT2D eigenvalue weighted by Crippen LogP contribution is 2.35. The van der Waals surface area contributed by atoms with Gasteiger partial charge in [0.1, 0.15) is 28.8 Å². The molecule has 9 rings (SSSR count). The van der Waals surface area contributed by atoms with Crippen LogP contribution in [0.2, 0.25) is 0 Å². The largest absolute Gasteiger partial charge is 0.633 e. The van der Waals surface area contributed by atoms with E-state index in [1.165, 1.54) is 69.2 Å². The van der Waals surface area contributed by atoms with Crippen molar-refractivity contribution in [1.29, 1.82) is 0 Å². The molecule has 111 heavy (non-hydrogen) atoms. The molecule has 6 aliphatic rings. The van der Waals surface area contributed by atoms with Crippen molar-refractivity contribution < 1.29 is 80.0 Å². The standard InChI is InChI=1S/C25H42N4O8S2.C25H42N4O6S2.C25H42N4O4S2/c1-19-15-23(37-6)16-20(2)25(19)39(35,36)26(3)10-14-38(33,34)18-24(30)27(4)21-7-13-29(32,17-21)22-8-11-28(5,31)12-9-22;1-19-15-23(35-6)16-20(2)25(19)37(33,34)27(4)13-14-36(31,32)18-24(30)28(5)22-9-12-29(17-22)21-7-10-26(3)11-8-21;1-19-15-23(33-6)16-20(2)25(19)35(31,32)27(4)13-14-34-18-24(30)28(5)22-9-12-29(17-22)21-7-10-26(3)11-8-21/h15-16,21-22H,7-14,17-18H2,1-6H3;15-16,21-22H,7-14,17-18H2,1-6H3;15-16,21-22H,7-14,17-18H2,1-6H3. The van der Waals surface area contributed by atoms with E-state index in [0.717, 1.165) is 86.7 Å². The van der Waals surface area contributed by atoms with E-state index in [2.05, 4.69) is 33.7 Å². The van der Waals surface area contributed by atoms with Gasteiger partial charge in [-0.05, 0) is 190 Å². The number of rotatable bonds is 30. The normalized spacial score (nSPS) is 23.1. The summed E-state index contributed by atoms with van der Waals surface area (Å²) < 4.78 is 148. The quantitative estimate of drug-likeness (QED) is 0.0511. The molecule has 4 atom stereocenters. The van der Waals surface area contributed by atoms with Crippen LogP contribution in [0.5, 0.6) is 17.2 Å². The van der Waals surface area contributed by atoms with Crippen LogP contribution in [0, 0.1) is 52.0 Å². The Hall–Kier alpha value is -4.87. The highest BCUT2D eigenvalue weighted by Gasteiger charge is 2.44. The number of nitrogens with zero attached hydrogens (tertiary/aromatic N) is 12. The summed E-state index contributed by atoms with van der Waals surface area (Å²) in [5.74, 6) is -0.601. The Kier molecular flexibility index (Phi) is 33.1. The first-order valence-corrected chi connectivity index (χ1v) is 47.4. The molecule has 630 valence electrons. The average Bonchev–Trinajstić information content (AvgIpc) is 1.78. The molecular weight excluding hydrogens is 1550 g/mol. The number of carbonyl (C=O) groups is 3. The summed E-state index contributed by atoms with van der Waals surface area (Å²) in [7, 11) is 0.628. The number of benzene rings is 3. The number of amides is 3. The van der Waals surface area contributed by atoms with Gasteiger partial charge in [0.05, 0.1) is 98.6 Å². The van der Waals surface area contributed by atoms with Crippen LogP contribution in [0.25, 0.3) is 0 Å². The molecule has 0 N–H and O–H groups in total. The smallest absolute Gasteiger partial charge is 0.243 e. The molecule has 3 aromatic rings. The summed E-state index contributed by atoms with van der Waals surface area (Å²) in [4.78, 5) is 53.6. The van der Waals surface area contributed by atoms with Gasteiger partial charge in [-0.1, -0.05) is 0 Å². The van der Waals surface area contributed by atoms with Crippen molar-refractivity contribution in [1.82, 2.24) is 47.2 Å². The van der Waals surface area contributed by atoms with E-state index in [4.69, 9.17) is 14.2 Å². The Bertz CT molecular complexity index is 4220. The molecule has 3 amide bonds. The molecule has 6 aliphatic heterocycles. The van der Waals surface area contributed by atoms with Crippen LogP contribution in [0.3, 0.4) is 0 Å². The van der Waals surface area contributed by atoms with Gasteiger partial charge in [-0.3, -0.25) is 24.2 Å². The zero-order chi connectivity index (χ0) is 82.7. The summed E-state index contributed by atoms with van der Waals surface area (Å²) in [6.45, 7) is 19.5. The SMILES string of the molecule is COc1cc(C)c(S(=O)(=O)N(C)CCS(=O)(=O)CC(=O)N(C)C2CCN(C3CCN(C)CC3)C2)c(C)c1.COc1cc(C)c(S(=O)(=O)N(C)CCS(=O)(=O)CC(=O)N(C)C2CC[N+]([O-])(C3CC[N+](C)([O-])CC3)C2)c(C)c1.COc1cc(C)c(S(=O)(=O)N(C)CCSCC(=O)N(C)C2CCN(C3CCN(C)CC3)C2)c(C)c1. The molecule has 0 aromatic heterocycles. The summed E-state index contributed by atoms with van der Waals surface area (Å²) in [5.41, 5.74) is 3.35. The van der Waals surface area contributed by atoms with Crippen LogP contribution in [0.4, 0.5) is 0 Å². The maximum atomic E-state index is 13.5. The average molecular weight is 1680 g/mol. The summed E-state index contributed by atoms with van der Waals surface area (Å²) in [5, 5.41) is 25.6. The van der Waals surface area contributed by atoms with Gasteiger partial charge in [-0.2, -0.15) is 20.4 Å². The lowest BCUT2D eigenvalue weighted by Gasteiger charge is -2.52. The number of sulfonamides is 3. The number of quaternary nitrogens is 2. The lowest BCUT2D eigenvalue weighted by atomic mass is 10.0. The van der Waals surface area contributed by atoms with E-state index >= 15 is 0 Å². The van der Waals surface area contributed by atoms with Crippen molar-refractivity contribution >= 4 is 79.2 Å². The third-order valence-corrected chi connectivity index (χ3v) is 33.8. The second kappa shape index (κ2) is 39.4. The predicted molar refractivity (Wildman–Crippen MR) is 435 cm³/mol. The molecule has 0 radical (unpaired) electrons. The zero-order valence-corrected chi connectivity index (χ0v) is 73.7. The third-order valence-electron chi connectivity index (χ3n) is 23.4. The van der Waals surface area contributed by atoms with Gasteiger partial charge in [0.25, 0.3) is 0 Å². The molecule has 4 unspecified atom stereocenters. The number of hydroxylamine groups is 6. The second-order valence-corrected chi connectivity index (χ2v) is 43.1. The van der Waals surface area contributed by atoms with E-state index in [9.17, 15) is 66.9 Å². The number of ether oxygens (including phenoxy) is 3. The molecule has 0 saturated carbocycles. The van der Waals surface area contributed by atoms with Crippen molar-refractivity contribution in [3.05, 3.63) is 80.2 Å². The number of sulfone groups is 2. The van der Waals surface area contributed by atoms with E-state index in [1.54, 1.807) is 111 Å². The number of piperidine rings is 3. The van der Waals surface area contributed by atoms with Gasteiger partial charge in [-0.15, -0.1) is 0 Å². The molecule has 0 spiro atoms. The molecule has 3 aromatic carbocycles. The number of aryl methyl sites for hydroxylation is 6. The lowest BCUT2D eigenvalue weighted by Crippen LogP contribution is -2.57. The number of likely N-dealkylation sites (N-methyl/N-ethyl adjacent to an activating group) is 3. The van der Waals surface area contributed by atoms with Crippen LogP contribution in [-0.4, -0.2) is 370 Å². The Morgan fingerprint density at radius 3 is 1.13 bits per heavy atom. The summed E-state index contributed by atoms with van der Waals surface area (Å²) in [6.07, 6.45) is 8.04. The third kappa shape index (κ3) is 24.6. The molecule has 6 fully saturated rings. The van der Waals surface area contributed by atoms with E-state index < -0.39 is 89.2 Å². The number of thioether (sulfide) groups is 1. The van der Waals surface area contributed by atoms with Gasteiger partial charge in [0, 0.05) is 137 Å². The van der Waals surface area contributed by atoms with Crippen LogP contribution < -0.4 is 14.2 Å². The van der Waals surface area contributed by atoms with Gasteiger partial charge >= 0.3 is 0 Å². The fourth-order valence-corrected chi connectivity index (χ4v) is 24.7. The highest BCUT2D eigenvalue weighted by molar-refractivity contribution is 8.00. The van der Waals surface area contributed by atoms with Gasteiger partial charge in [-0.25, -0.2) is 46.4 Å². The summed E-state index contributed by atoms with van der Waals surface area (Å²) in [6, 6.07) is 10.8. The first-order chi connectivity index (χ1) is 51.7. The Morgan fingerprint density at radius 1 is 0.459 bits per heavy atom. The second-order valence-electron chi connectivity index (χ2n) is 31.7. The minimum Gasteiger partial charge on any atom is -0.633 e. The van der Waals surface area contributed by atoms with Gasteiger partial charge in [0.2, 0.25) is 47.8 Å². The first kappa shape index (κ1) is 93.3. The van der Waals surface area contributed by atoms with Crippen molar-refractivity contribution in [3.8, 4) is 17.2 Å². The van der Waals surface area contributed by atoms with Gasteiger partial charge in [0.15, 0.2) is 19.7 Å². The van der Waals surface area contributed by atoms with Crippen LogP contribution >= 0.6 is 11.8 Å². The van der Waals surface area contributed by atoms with Crippen LogP contribution in [0.1, 0.15) is 91.2 Å². The monoisotopic (exact) mass is 1670 g/mol. The number of hydrogen-bond acceptors (Lipinski definition) is 23. The molecule has 36 heteroatoms. The number of methoxy groups -OCH3 is 3. The van der Waals surface area contributed by atoms with E-state index in [1.807, 2.05) is 11.9 Å². The topological polar surface area (TPSA) is 328 Å². The van der Waals surface area contributed by atoms with Gasteiger partial charge < -0.3 is 58.4 Å². The first-order valence-electron chi connectivity index (χ1n) is 38.3. The predicted octanol–water partition coefficient (Wildman–Crippen LogP) is 4.27. The van der Waals surface area contributed by atoms with Crippen LogP contribution in [0.15, 0.2) is 51.1 Å². The van der Waals surface area contributed by atoms with Crippen molar-refractivity contribution in [2.24, 2.45) is 0 Å². The van der Waals surface area contributed by atoms with E-state index in [0.29, 0.717) is 125 Å². The van der Waals surface area contributed by atoms with Crippen molar-refractivity contribution in [3.63, 3.8) is 0 Å². The van der Waals surface area contributed by atoms with Crippen molar-refractivity contribution in [2.75, 3.05) is 217 Å². The van der Waals surface area contributed by atoms with Crippen molar-refractivity contribution in [2.45, 2.75) is 150 Å². The molecular formula is C75H126N12O18S6.